The predicted octanol–water partition coefficient (Wildman–Crippen LogP) is 3.58. The van der Waals surface area contributed by atoms with E-state index in [9.17, 15) is 4.79 Å². The Kier molecular flexibility index (Phi) is 4.65. The van der Waals surface area contributed by atoms with Crippen molar-refractivity contribution in [1.29, 1.82) is 0 Å². The Labute approximate surface area is 120 Å². The lowest BCUT2D eigenvalue weighted by atomic mass is 9.95. The van der Waals surface area contributed by atoms with Crippen molar-refractivity contribution in [2.24, 2.45) is 5.41 Å². The first-order valence-electron chi connectivity index (χ1n) is 7.15. The molecule has 1 N–H and O–H groups in total. The summed E-state index contributed by atoms with van der Waals surface area (Å²) >= 11 is 0. The van der Waals surface area contributed by atoms with E-state index in [0.717, 1.165) is 37.3 Å². The third-order valence-corrected chi connectivity index (χ3v) is 3.18. The Balaban J connectivity index is 1.98. The summed E-state index contributed by atoms with van der Waals surface area (Å²) in [6.07, 6.45) is 2.97. The third kappa shape index (κ3) is 4.23. The molecule has 0 aliphatic carbocycles. The predicted molar refractivity (Wildman–Crippen MR) is 78.7 cm³/mol. The van der Waals surface area contributed by atoms with Crippen molar-refractivity contribution >= 4 is 11.6 Å². The molecule has 1 atom stereocenters. The largest absolute Gasteiger partial charge is 0.465 e. The summed E-state index contributed by atoms with van der Waals surface area (Å²) in [5.41, 5.74) is 0.335. The van der Waals surface area contributed by atoms with Crippen LogP contribution in [0.1, 0.15) is 40.0 Å². The van der Waals surface area contributed by atoms with Gasteiger partial charge < -0.3 is 14.8 Å². The van der Waals surface area contributed by atoms with Crippen LogP contribution in [0.5, 0.6) is 5.75 Å². The van der Waals surface area contributed by atoms with Crippen LogP contribution in [-0.2, 0) is 9.53 Å². The van der Waals surface area contributed by atoms with Crippen LogP contribution < -0.4 is 10.1 Å². The lowest BCUT2D eigenvalue weighted by Crippen LogP contribution is -2.27. The molecule has 1 aliphatic rings. The normalized spacial score (nSPS) is 19.4. The molecule has 4 heteroatoms. The van der Waals surface area contributed by atoms with Crippen molar-refractivity contribution in [3.63, 3.8) is 0 Å². The summed E-state index contributed by atoms with van der Waals surface area (Å²) in [5, 5.41) is 2.90. The fourth-order valence-electron chi connectivity index (χ4n) is 1.92. The number of hydrogen-bond acceptors (Lipinski definition) is 3. The molecule has 1 aromatic rings. The van der Waals surface area contributed by atoms with Crippen LogP contribution in [0, 0.1) is 5.41 Å². The van der Waals surface area contributed by atoms with Gasteiger partial charge in [-0.3, -0.25) is 4.79 Å². The zero-order valence-electron chi connectivity index (χ0n) is 12.4. The molecule has 0 bridgehead atoms. The molecule has 20 heavy (non-hydrogen) atoms. The summed E-state index contributed by atoms with van der Waals surface area (Å²) < 4.78 is 11.3. The quantitative estimate of drug-likeness (QED) is 0.918. The molecule has 1 saturated heterocycles. The van der Waals surface area contributed by atoms with Crippen LogP contribution >= 0.6 is 0 Å². The van der Waals surface area contributed by atoms with E-state index < -0.39 is 5.41 Å². The maximum atomic E-state index is 12.0. The Bertz CT molecular complexity index is 459. The van der Waals surface area contributed by atoms with E-state index >= 15 is 0 Å². The summed E-state index contributed by atoms with van der Waals surface area (Å²) in [6, 6.07) is 7.45. The van der Waals surface area contributed by atoms with Crippen molar-refractivity contribution < 1.29 is 14.3 Å². The molecule has 1 amide bonds. The number of benzene rings is 1. The highest BCUT2D eigenvalue weighted by Gasteiger charge is 2.21. The lowest BCUT2D eigenvalue weighted by Gasteiger charge is -2.24. The number of carbonyl (C=O) groups excluding carboxylic acids is 1. The van der Waals surface area contributed by atoms with Crippen molar-refractivity contribution in [3.8, 4) is 5.75 Å². The molecule has 0 spiro atoms. The van der Waals surface area contributed by atoms with E-state index in [-0.39, 0.29) is 12.2 Å². The number of carbonyl (C=O) groups is 1. The average molecular weight is 277 g/mol. The van der Waals surface area contributed by atoms with Gasteiger partial charge in [-0.2, -0.15) is 0 Å². The molecule has 1 heterocycles. The minimum absolute atomic E-state index is 0.0106. The van der Waals surface area contributed by atoms with Gasteiger partial charge in [-0.15, -0.1) is 0 Å². The van der Waals surface area contributed by atoms with Gasteiger partial charge >= 0.3 is 0 Å². The fourth-order valence-corrected chi connectivity index (χ4v) is 1.92. The van der Waals surface area contributed by atoms with E-state index in [1.165, 1.54) is 0 Å². The lowest BCUT2D eigenvalue weighted by molar-refractivity contribution is -0.123. The fraction of sp³-hybridized carbons (Fsp3) is 0.562. The minimum atomic E-state index is -0.413. The molecule has 0 radical (unpaired) electrons. The van der Waals surface area contributed by atoms with Crippen molar-refractivity contribution in [3.05, 3.63) is 24.3 Å². The van der Waals surface area contributed by atoms with Gasteiger partial charge in [0.15, 0.2) is 6.29 Å². The first-order valence-corrected chi connectivity index (χ1v) is 7.15. The van der Waals surface area contributed by atoms with Crippen LogP contribution in [0.3, 0.4) is 0 Å². The van der Waals surface area contributed by atoms with Gasteiger partial charge in [0.1, 0.15) is 5.75 Å². The molecular weight excluding hydrogens is 254 g/mol. The monoisotopic (exact) mass is 277 g/mol. The summed E-state index contributed by atoms with van der Waals surface area (Å²) in [5.74, 6) is 0.715. The molecule has 4 nitrogen and oxygen atoms in total. The summed E-state index contributed by atoms with van der Waals surface area (Å²) in [7, 11) is 0. The average Bonchev–Trinajstić information content (AvgIpc) is 2.39. The second-order valence-corrected chi connectivity index (χ2v) is 6.15. The topological polar surface area (TPSA) is 47.6 Å². The Morgan fingerprint density at radius 1 is 1.35 bits per heavy atom. The van der Waals surface area contributed by atoms with E-state index in [2.05, 4.69) is 5.32 Å². The van der Waals surface area contributed by atoms with Gasteiger partial charge in [-0.25, -0.2) is 0 Å². The first-order chi connectivity index (χ1) is 9.45. The number of amides is 1. The highest BCUT2D eigenvalue weighted by atomic mass is 16.7. The van der Waals surface area contributed by atoms with Crippen LogP contribution in [-0.4, -0.2) is 18.8 Å². The molecule has 1 aliphatic heterocycles. The Morgan fingerprint density at radius 2 is 2.15 bits per heavy atom. The maximum absolute atomic E-state index is 12.0. The molecule has 110 valence electrons. The molecule has 1 unspecified atom stereocenters. The van der Waals surface area contributed by atoms with Gasteiger partial charge in [0.05, 0.1) is 6.61 Å². The molecule has 1 aromatic carbocycles. The number of hydrogen-bond donors (Lipinski definition) is 1. The second-order valence-electron chi connectivity index (χ2n) is 6.15. The second kappa shape index (κ2) is 6.27. The van der Waals surface area contributed by atoms with Crippen LogP contribution in [0.2, 0.25) is 0 Å². The van der Waals surface area contributed by atoms with Gasteiger partial charge in [-0.1, -0.05) is 26.8 Å². The number of ether oxygens (including phenoxy) is 2. The molecule has 0 saturated carbocycles. The highest BCUT2D eigenvalue weighted by Crippen LogP contribution is 2.23. The van der Waals surface area contributed by atoms with Crippen molar-refractivity contribution in [2.75, 3.05) is 11.9 Å². The number of anilines is 1. The van der Waals surface area contributed by atoms with Gasteiger partial charge in [0, 0.05) is 23.6 Å². The van der Waals surface area contributed by atoms with E-state index in [1.807, 2.05) is 45.0 Å². The van der Waals surface area contributed by atoms with Crippen LogP contribution in [0.25, 0.3) is 0 Å². The SMILES string of the molecule is CC(C)(C)C(=O)Nc1cccc(OC2CCCCO2)c1. The zero-order chi connectivity index (χ0) is 14.6. The Hall–Kier alpha value is -1.55. The van der Waals surface area contributed by atoms with E-state index in [1.54, 1.807) is 0 Å². The summed E-state index contributed by atoms with van der Waals surface area (Å²) in [4.78, 5) is 12.0. The maximum Gasteiger partial charge on any atom is 0.229 e. The molecule has 1 fully saturated rings. The smallest absolute Gasteiger partial charge is 0.229 e. The van der Waals surface area contributed by atoms with Crippen molar-refractivity contribution in [2.45, 2.75) is 46.3 Å². The van der Waals surface area contributed by atoms with E-state index in [4.69, 9.17) is 9.47 Å². The number of rotatable bonds is 3. The van der Waals surface area contributed by atoms with Crippen molar-refractivity contribution in [1.82, 2.24) is 0 Å². The minimum Gasteiger partial charge on any atom is -0.465 e. The summed E-state index contributed by atoms with van der Waals surface area (Å²) in [6.45, 7) is 6.42. The first kappa shape index (κ1) is 14.9. The van der Waals surface area contributed by atoms with E-state index in [0.29, 0.717) is 0 Å². The number of nitrogens with one attached hydrogen (secondary N) is 1. The standard InChI is InChI=1S/C16H23NO3/c1-16(2,3)15(18)17-12-7-6-8-13(11-12)20-14-9-4-5-10-19-14/h6-8,11,14H,4-5,9-10H2,1-3H3,(H,17,18). The zero-order valence-corrected chi connectivity index (χ0v) is 12.4. The molecular formula is C16H23NO3. The third-order valence-electron chi connectivity index (χ3n) is 3.18. The van der Waals surface area contributed by atoms with Crippen LogP contribution in [0.4, 0.5) is 5.69 Å². The molecule has 0 aromatic heterocycles. The highest BCUT2D eigenvalue weighted by molar-refractivity contribution is 5.94. The van der Waals surface area contributed by atoms with Gasteiger partial charge in [0.2, 0.25) is 5.91 Å². The molecule has 2 rings (SSSR count). The Morgan fingerprint density at radius 3 is 2.80 bits per heavy atom. The van der Waals surface area contributed by atoms with Crippen LogP contribution in [0.15, 0.2) is 24.3 Å². The van der Waals surface area contributed by atoms with Gasteiger partial charge in [0.25, 0.3) is 0 Å². The van der Waals surface area contributed by atoms with Gasteiger partial charge in [-0.05, 0) is 25.0 Å².